The smallest absolute Gasteiger partial charge is 0.124 e. The fourth-order valence-electron chi connectivity index (χ4n) is 3.58. The van der Waals surface area contributed by atoms with Gasteiger partial charge in [-0.2, -0.15) is 0 Å². The number of hydrogen-bond donors (Lipinski definition) is 0. The van der Waals surface area contributed by atoms with E-state index < -0.39 is 0 Å². The largest absolute Gasteiger partial charge is 0.326 e. The molecule has 0 fully saturated rings. The Kier molecular flexibility index (Phi) is 4.98. The molecule has 2 heterocycles. The third-order valence-electron chi connectivity index (χ3n) is 4.92. The molecule has 2 aromatic carbocycles. The van der Waals surface area contributed by atoms with Crippen LogP contribution in [0.2, 0.25) is 10.0 Å². The highest BCUT2D eigenvalue weighted by atomic mass is 35.5. The molecule has 4 rings (SSSR count). The predicted molar refractivity (Wildman–Crippen MR) is 104 cm³/mol. The number of aryl methyl sites for hydroxylation is 1. The molecule has 0 bridgehead atoms. The highest BCUT2D eigenvalue weighted by Crippen LogP contribution is 2.23. The monoisotopic (exact) mass is 373 g/mol. The van der Waals surface area contributed by atoms with Crippen LogP contribution in [0.25, 0.3) is 11.0 Å². The molecule has 3 nitrogen and oxygen atoms in total. The van der Waals surface area contributed by atoms with E-state index in [-0.39, 0.29) is 0 Å². The van der Waals surface area contributed by atoms with Crippen molar-refractivity contribution in [1.82, 2.24) is 14.5 Å². The molecule has 0 radical (unpaired) electrons. The van der Waals surface area contributed by atoms with Gasteiger partial charge in [-0.3, -0.25) is 4.90 Å². The Balaban J connectivity index is 1.31. The minimum absolute atomic E-state index is 0.699. The van der Waals surface area contributed by atoms with Crippen molar-refractivity contribution in [2.45, 2.75) is 32.4 Å². The summed E-state index contributed by atoms with van der Waals surface area (Å²) in [5.41, 5.74) is 3.55. The topological polar surface area (TPSA) is 21.1 Å². The Hall–Kier alpha value is -1.55. The molecular weight excluding hydrogens is 353 g/mol. The summed E-state index contributed by atoms with van der Waals surface area (Å²) in [6.07, 6.45) is 3.30. The molecule has 5 heteroatoms. The fraction of sp³-hybridized carbons (Fsp3) is 0.350. The summed E-state index contributed by atoms with van der Waals surface area (Å²) in [5, 5.41) is 1.48. The summed E-state index contributed by atoms with van der Waals surface area (Å²) < 4.78 is 2.36. The lowest BCUT2D eigenvalue weighted by Crippen LogP contribution is -2.34. The van der Waals surface area contributed by atoms with Gasteiger partial charge in [-0.25, -0.2) is 4.98 Å². The van der Waals surface area contributed by atoms with E-state index in [1.165, 1.54) is 23.3 Å². The number of rotatable bonds is 5. The highest BCUT2D eigenvalue weighted by Gasteiger charge is 2.19. The van der Waals surface area contributed by atoms with Crippen LogP contribution >= 0.6 is 23.2 Å². The molecule has 0 atom stereocenters. The van der Waals surface area contributed by atoms with Gasteiger partial charge in [0.05, 0.1) is 17.6 Å². The third-order valence-corrected chi connectivity index (χ3v) is 5.51. The number of imidazole rings is 1. The van der Waals surface area contributed by atoms with E-state index in [2.05, 4.69) is 33.7 Å². The van der Waals surface area contributed by atoms with Crippen LogP contribution in [-0.2, 0) is 19.5 Å². The molecule has 0 unspecified atom stereocenters. The van der Waals surface area contributed by atoms with Gasteiger partial charge in [-0.15, -0.1) is 0 Å². The van der Waals surface area contributed by atoms with Crippen molar-refractivity contribution < 1.29 is 0 Å². The maximum absolute atomic E-state index is 6.25. The first-order chi connectivity index (χ1) is 12.2. The SMILES string of the molecule is Clc1ccc(CCCCN2CCn3c(nc4ccccc43)C2)c(Cl)c1. The molecule has 1 aliphatic rings. The van der Waals surface area contributed by atoms with Gasteiger partial charge in [0.15, 0.2) is 0 Å². The van der Waals surface area contributed by atoms with Crippen molar-refractivity contribution >= 4 is 34.2 Å². The average molecular weight is 374 g/mol. The summed E-state index contributed by atoms with van der Waals surface area (Å²) in [4.78, 5) is 7.30. The van der Waals surface area contributed by atoms with Crippen molar-refractivity contribution in [2.24, 2.45) is 0 Å². The Morgan fingerprint density at radius 1 is 1.00 bits per heavy atom. The second-order valence-electron chi connectivity index (χ2n) is 6.64. The zero-order valence-corrected chi connectivity index (χ0v) is 15.6. The highest BCUT2D eigenvalue weighted by molar-refractivity contribution is 6.35. The van der Waals surface area contributed by atoms with Crippen LogP contribution in [0, 0.1) is 0 Å². The molecular formula is C20H21Cl2N3. The molecule has 1 aliphatic heterocycles. The second-order valence-corrected chi connectivity index (χ2v) is 7.48. The van der Waals surface area contributed by atoms with E-state index in [1.807, 2.05) is 18.2 Å². The Morgan fingerprint density at radius 3 is 2.76 bits per heavy atom. The number of halogens is 2. The van der Waals surface area contributed by atoms with Crippen LogP contribution < -0.4 is 0 Å². The van der Waals surface area contributed by atoms with Crippen LogP contribution in [0.5, 0.6) is 0 Å². The van der Waals surface area contributed by atoms with Gasteiger partial charge in [-0.05, 0) is 55.6 Å². The number of hydrogen-bond acceptors (Lipinski definition) is 2. The van der Waals surface area contributed by atoms with Crippen LogP contribution in [0.15, 0.2) is 42.5 Å². The number of nitrogens with zero attached hydrogens (tertiary/aromatic N) is 3. The lowest BCUT2D eigenvalue weighted by molar-refractivity contribution is 0.215. The molecule has 0 spiro atoms. The van der Waals surface area contributed by atoms with Crippen molar-refractivity contribution in [3.05, 3.63) is 63.9 Å². The molecule has 0 saturated carbocycles. The second kappa shape index (κ2) is 7.36. The summed E-state index contributed by atoms with van der Waals surface area (Å²) >= 11 is 12.2. The summed E-state index contributed by atoms with van der Waals surface area (Å²) in [6.45, 7) is 4.17. The van der Waals surface area contributed by atoms with Gasteiger partial charge in [0.2, 0.25) is 0 Å². The Bertz CT molecular complexity index is 888. The zero-order valence-electron chi connectivity index (χ0n) is 14.1. The third kappa shape index (κ3) is 3.69. The number of fused-ring (bicyclic) bond motifs is 3. The van der Waals surface area contributed by atoms with Gasteiger partial charge in [-0.1, -0.05) is 41.4 Å². The lowest BCUT2D eigenvalue weighted by atomic mass is 10.1. The summed E-state index contributed by atoms with van der Waals surface area (Å²) in [6, 6.07) is 14.2. The number of benzene rings is 2. The molecule has 3 aromatic rings. The normalized spacial score (nSPS) is 14.8. The number of para-hydroxylation sites is 2. The molecule has 0 amide bonds. The minimum atomic E-state index is 0.699. The number of aromatic nitrogens is 2. The van der Waals surface area contributed by atoms with Crippen molar-refractivity contribution in [3.8, 4) is 0 Å². The standard InChI is InChI=1S/C20H21Cl2N3/c21-16-9-8-15(17(22)13-16)5-3-4-10-24-11-12-25-19-7-2-1-6-18(19)23-20(25)14-24/h1-2,6-9,13H,3-5,10-12,14H2. The van der Waals surface area contributed by atoms with Crippen molar-refractivity contribution in [2.75, 3.05) is 13.1 Å². The number of unbranched alkanes of at least 4 members (excludes halogenated alkanes) is 1. The van der Waals surface area contributed by atoms with E-state index in [0.717, 1.165) is 49.6 Å². The van der Waals surface area contributed by atoms with Gasteiger partial charge < -0.3 is 4.57 Å². The maximum Gasteiger partial charge on any atom is 0.124 e. The van der Waals surface area contributed by atoms with E-state index in [4.69, 9.17) is 28.2 Å². The van der Waals surface area contributed by atoms with Gasteiger partial charge >= 0.3 is 0 Å². The van der Waals surface area contributed by atoms with Crippen LogP contribution in [0.3, 0.4) is 0 Å². The predicted octanol–water partition coefficient (Wildman–Crippen LogP) is 5.18. The van der Waals surface area contributed by atoms with Crippen LogP contribution in [0.4, 0.5) is 0 Å². The van der Waals surface area contributed by atoms with Crippen molar-refractivity contribution in [1.29, 1.82) is 0 Å². The first kappa shape index (κ1) is 16.9. The van der Waals surface area contributed by atoms with Gasteiger partial charge in [0.1, 0.15) is 5.82 Å². The van der Waals surface area contributed by atoms with E-state index in [0.29, 0.717) is 5.02 Å². The van der Waals surface area contributed by atoms with Gasteiger partial charge in [0, 0.05) is 23.1 Å². The van der Waals surface area contributed by atoms with Gasteiger partial charge in [0.25, 0.3) is 0 Å². The Labute approximate surface area is 158 Å². The summed E-state index contributed by atoms with van der Waals surface area (Å²) in [7, 11) is 0. The molecule has 0 saturated heterocycles. The minimum Gasteiger partial charge on any atom is -0.326 e. The molecule has 25 heavy (non-hydrogen) atoms. The lowest BCUT2D eigenvalue weighted by Gasteiger charge is -2.27. The average Bonchev–Trinajstić information content (AvgIpc) is 2.98. The molecule has 130 valence electrons. The van der Waals surface area contributed by atoms with Crippen LogP contribution in [0.1, 0.15) is 24.2 Å². The fourth-order valence-corrected chi connectivity index (χ4v) is 4.09. The Morgan fingerprint density at radius 2 is 1.88 bits per heavy atom. The first-order valence-electron chi connectivity index (χ1n) is 8.81. The summed E-state index contributed by atoms with van der Waals surface area (Å²) in [5.74, 6) is 1.19. The van der Waals surface area contributed by atoms with Crippen LogP contribution in [-0.4, -0.2) is 27.5 Å². The van der Waals surface area contributed by atoms with E-state index >= 15 is 0 Å². The maximum atomic E-state index is 6.25. The molecule has 1 aromatic heterocycles. The zero-order chi connectivity index (χ0) is 17.2. The quantitative estimate of drug-likeness (QED) is 0.574. The van der Waals surface area contributed by atoms with E-state index in [9.17, 15) is 0 Å². The van der Waals surface area contributed by atoms with E-state index in [1.54, 1.807) is 0 Å². The molecule has 0 N–H and O–H groups in total. The molecule has 0 aliphatic carbocycles. The van der Waals surface area contributed by atoms with Crippen molar-refractivity contribution in [3.63, 3.8) is 0 Å². The first-order valence-corrected chi connectivity index (χ1v) is 9.57.